The SMILES string of the molecule is Cc1nccn1Cc1ccc(-c2cc(CC(C)C)sc2S(=O)(=O)NC(=O)NCCCO)cc1F. The van der Waals surface area contributed by atoms with Gasteiger partial charge < -0.3 is 15.0 Å². The summed E-state index contributed by atoms with van der Waals surface area (Å²) in [6, 6.07) is 5.51. The van der Waals surface area contributed by atoms with E-state index in [0.29, 0.717) is 36.1 Å². The molecular weight excluding hydrogens is 479 g/mol. The van der Waals surface area contributed by atoms with Gasteiger partial charge in [0.2, 0.25) is 0 Å². The molecular formula is C23H29FN4O4S2. The van der Waals surface area contributed by atoms with Crippen molar-refractivity contribution in [2.75, 3.05) is 13.2 Å². The van der Waals surface area contributed by atoms with Gasteiger partial charge in [-0.2, -0.15) is 0 Å². The van der Waals surface area contributed by atoms with Crippen molar-refractivity contribution < 1.29 is 22.7 Å². The maximum Gasteiger partial charge on any atom is 0.328 e. The second-order valence-electron chi connectivity index (χ2n) is 8.36. The molecule has 2 heterocycles. The third-order valence-electron chi connectivity index (χ3n) is 5.08. The van der Waals surface area contributed by atoms with Gasteiger partial charge in [-0.25, -0.2) is 27.3 Å². The minimum atomic E-state index is -4.20. The summed E-state index contributed by atoms with van der Waals surface area (Å²) in [5.41, 5.74) is 1.21. The van der Waals surface area contributed by atoms with Crippen molar-refractivity contribution in [3.63, 3.8) is 0 Å². The van der Waals surface area contributed by atoms with Gasteiger partial charge in [0.25, 0.3) is 10.0 Å². The van der Waals surface area contributed by atoms with Crippen molar-refractivity contribution in [1.82, 2.24) is 19.6 Å². The number of rotatable bonds is 10. The molecule has 184 valence electrons. The first-order chi connectivity index (χ1) is 16.1. The highest BCUT2D eigenvalue weighted by molar-refractivity contribution is 7.92. The van der Waals surface area contributed by atoms with Crippen LogP contribution in [-0.4, -0.2) is 42.3 Å². The van der Waals surface area contributed by atoms with Crippen LogP contribution in [0.2, 0.25) is 0 Å². The quantitative estimate of drug-likeness (QED) is 0.362. The molecule has 0 aliphatic rings. The number of nitrogens with zero attached hydrogens (tertiary/aromatic N) is 2. The van der Waals surface area contributed by atoms with E-state index in [-0.39, 0.29) is 23.3 Å². The topological polar surface area (TPSA) is 113 Å². The molecule has 2 amide bonds. The van der Waals surface area contributed by atoms with Gasteiger partial charge in [0.05, 0.1) is 6.54 Å². The van der Waals surface area contributed by atoms with E-state index in [1.807, 2.05) is 30.1 Å². The Kier molecular flexibility index (Phi) is 8.45. The number of hydrogen-bond donors (Lipinski definition) is 3. The van der Waals surface area contributed by atoms with Crippen molar-refractivity contribution in [3.8, 4) is 11.1 Å². The third-order valence-corrected chi connectivity index (χ3v) is 8.10. The number of hydrogen-bond acceptors (Lipinski definition) is 6. The molecule has 0 saturated carbocycles. The number of amides is 2. The summed E-state index contributed by atoms with van der Waals surface area (Å²) in [4.78, 5) is 17.0. The Morgan fingerprint density at radius 3 is 2.68 bits per heavy atom. The van der Waals surface area contributed by atoms with Gasteiger partial charge >= 0.3 is 6.03 Å². The Labute approximate surface area is 202 Å². The molecule has 0 atom stereocenters. The second kappa shape index (κ2) is 11.1. The molecule has 0 saturated heterocycles. The normalized spacial score (nSPS) is 11.7. The molecule has 0 unspecified atom stereocenters. The molecule has 0 aliphatic heterocycles. The Balaban J connectivity index is 1.94. The number of carbonyl (C=O) groups is 1. The smallest absolute Gasteiger partial charge is 0.328 e. The lowest BCUT2D eigenvalue weighted by atomic mass is 10.0. The van der Waals surface area contributed by atoms with E-state index in [2.05, 4.69) is 10.3 Å². The molecule has 1 aromatic carbocycles. The predicted octanol–water partition coefficient (Wildman–Crippen LogP) is 3.68. The summed E-state index contributed by atoms with van der Waals surface area (Å²) in [7, 11) is -4.20. The molecule has 3 aromatic rings. The fraction of sp³-hybridized carbons (Fsp3) is 0.391. The van der Waals surface area contributed by atoms with Crippen LogP contribution in [0.15, 0.2) is 40.9 Å². The first-order valence-corrected chi connectivity index (χ1v) is 13.2. The highest BCUT2D eigenvalue weighted by Gasteiger charge is 2.26. The summed E-state index contributed by atoms with van der Waals surface area (Å²) in [5.74, 6) is 0.589. The minimum absolute atomic E-state index is 0.0435. The minimum Gasteiger partial charge on any atom is -0.396 e. The highest BCUT2D eigenvalue weighted by Crippen LogP contribution is 2.37. The first kappa shape index (κ1) is 25.9. The van der Waals surface area contributed by atoms with Crippen LogP contribution in [0, 0.1) is 18.7 Å². The van der Waals surface area contributed by atoms with Gasteiger partial charge in [-0.1, -0.05) is 26.0 Å². The summed E-state index contributed by atoms with van der Waals surface area (Å²) in [5, 5.41) is 11.2. The zero-order valence-electron chi connectivity index (χ0n) is 19.3. The number of urea groups is 1. The van der Waals surface area contributed by atoms with Gasteiger partial charge in [0.15, 0.2) is 0 Å². The zero-order valence-corrected chi connectivity index (χ0v) is 21.0. The number of carbonyl (C=O) groups excluding carboxylic acids is 1. The lowest BCUT2D eigenvalue weighted by molar-refractivity contribution is 0.243. The van der Waals surface area contributed by atoms with Gasteiger partial charge in [-0.3, -0.25) is 0 Å². The number of nitrogens with one attached hydrogen (secondary N) is 2. The molecule has 34 heavy (non-hydrogen) atoms. The van der Waals surface area contributed by atoms with Crippen molar-refractivity contribution in [1.29, 1.82) is 0 Å². The molecule has 0 radical (unpaired) electrons. The zero-order chi connectivity index (χ0) is 24.9. The van der Waals surface area contributed by atoms with E-state index < -0.39 is 21.9 Å². The van der Waals surface area contributed by atoms with E-state index in [9.17, 15) is 13.2 Å². The van der Waals surface area contributed by atoms with Crippen molar-refractivity contribution in [2.45, 2.75) is 44.4 Å². The Morgan fingerprint density at radius 2 is 2.06 bits per heavy atom. The Morgan fingerprint density at radius 1 is 1.29 bits per heavy atom. The van der Waals surface area contributed by atoms with Gasteiger partial charge in [-0.05, 0) is 43.4 Å². The van der Waals surface area contributed by atoms with Crippen LogP contribution in [0.3, 0.4) is 0 Å². The van der Waals surface area contributed by atoms with E-state index in [0.717, 1.165) is 22.0 Å². The molecule has 3 rings (SSSR count). The summed E-state index contributed by atoms with van der Waals surface area (Å²) >= 11 is 1.07. The van der Waals surface area contributed by atoms with E-state index in [1.165, 1.54) is 6.07 Å². The number of aryl methyl sites for hydroxylation is 1. The lowest BCUT2D eigenvalue weighted by Crippen LogP contribution is -2.39. The Bertz CT molecular complexity index is 1250. The first-order valence-electron chi connectivity index (χ1n) is 10.9. The fourth-order valence-corrected chi connectivity index (χ4v) is 6.29. The van der Waals surface area contributed by atoms with Crippen LogP contribution in [0.4, 0.5) is 9.18 Å². The van der Waals surface area contributed by atoms with Crippen LogP contribution in [-0.2, 0) is 23.0 Å². The second-order valence-corrected chi connectivity index (χ2v) is 11.4. The summed E-state index contributed by atoms with van der Waals surface area (Å²) in [6.45, 7) is 6.19. The summed E-state index contributed by atoms with van der Waals surface area (Å²) < 4.78 is 44.9. The van der Waals surface area contributed by atoms with E-state index >= 15 is 4.39 Å². The number of aromatic nitrogens is 2. The lowest BCUT2D eigenvalue weighted by Gasteiger charge is -2.11. The molecule has 0 fully saturated rings. The molecule has 0 bridgehead atoms. The highest BCUT2D eigenvalue weighted by atomic mass is 32.2. The van der Waals surface area contributed by atoms with Gasteiger partial charge in [0.1, 0.15) is 15.9 Å². The number of sulfonamides is 1. The van der Waals surface area contributed by atoms with Crippen LogP contribution >= 0.6 is 11.3 Å². The van der Waals surface area contributed by atoms with Crippen LogP contribution in [0.25, 0.3) is 11.1 Å². The van der Waals surface area contributed by atoms with Crippen LogP contribution < -0.4 is 10.0 Å². The number of aliphatic hydroxyl groups excluding tert-OH is 1. The maximum absolute atomic E-state index is 15.0. The van der Waals surface area contributed by atoms with Gasteiger partial charge in [0, 0.05) is 41.5 Å². The molecule has 3 N–H and O–H groups in total. The Hall–Kier alpha value is -2.76. The van der Waals surface area contributed by atoms with E-state index in [4.69, 9.17) is 5.11 Å². The molecule has 0 aliphatic carbocycles. The monoisotopic (exact) mass is 508 g/mol. The standard InChI is InChI=1S/C23H29FN4O4S2/c1-15(2)11-19-13-20(22(33-19)34(31,32)27-23(30)26-7-4-10-29)17-5-6-18(21(24)12-17)14-28-9-8-25-16(28)3/h5-6,8-9,12-13,15,29H,4,7,10-11,14H2,1-3H3,(H2,26,27,30). The average molecular weight is 509 g/mol. The predicted molar refractivity (Wildman–Crippen MR) is 130 cm³/mol. The van der Waals surface area contributed by atoms with Crippen molar-refractivity contribution in [2.24, 2.45) is 5.92 Å². The summed E-state index contributed by atoms with van der Waals surface area (Å²) in [6.07, 6.45) is 4.37. The number of thiophene rings is 1. The van der Waals surface area contributed by atoms with Gasteiger partial charge in [-0.15, -0.1) is 11.3 Å². The molecule has 11 heteroatoms. The number of halogens is 1. The van der Waals surface area contributed by atoms with Crippen LogP contribution in [0.1, 0.15) is 36.5 Å². The number of benzene rings is 1. The maximum atomic E-state index is 15.0. The van der Waals surface area contributed by atoms with Crippen LogP contribution in [0.5, 0.6) is 0 Å². The van der Waals surface area contributed by atoms with Crippen molar-refractivity contribution >= 4 is 27.4 Å². The molecule has 2 aromatic heterocycles. The fourth-order valence-electron chi connectivity index (χ4n) is 3.41. The molecule has 0 spiro atoms. The number of imidazole rings is 1. The van der Waals surface area contributed by atoms with E-state index in [1.54, 1.807) is 30.6 Å². The molecule has 8 nitrogen and oxygen atoms in total. The number of aliphatic hydroxyl groups is 1. The third kappa shape index (κ3) is 6.43. The van der Waals surface area contributed by atoms with Crippen molar-refractivity contribution in [3.05, 3.63) is 58.7 Å². The average Bonchev–Trinajstić information content (AvgIpc) is 3.35. The largest absolute Gasteiger partial charge is 0.396 e.